The molecular weight excluding hydrogens is 242 g/mol. The van der Waals surface area contributed by atoms with Gasteiger partial charge < -0.3 is 10.4 Å². The van der Waals surface area contributed by atoms with Gasteiger partial charge in [0.1, 0.15) is 0 Å². The standard InChI is InChI=1S/C15H19NO3/c1-3-6-11(2)16-14(17)10-9-12-7-4-5-8-13(12)15(18)19/h3-5,7-8,11H,1,6,9-10H2,2H3,(H,16,17)(H,18,19). The number of carbonyl (C=O) groups excluding carboxylic acids is 1. The lowest BCUT2D eigenvalue weighted by molar-refractivity contribution is -0.121. The molecule has 1 atom stereocenters. The molecule has 0 aromatic heterocycles. The van der Waals surface area contributed by atoms with Gasteiger partial charge in [-0.15, -0.1) is 6.58 Å². The summed E-state index contributed by atoms with van der Waals surface area (Å²) >= 11 is 0. The molecule has 1 amide bonds. The Kier molecular flexibility index (Phi) is 5.79. The van der Waals surface area contributed by atoms with Crippen LogP contribution < -0.4 is 5.32 Å². The molecule has 0 aliphatic heterocycles. The number of aryl methyl sites for hydroxylation is 1. The van der Waals surface area contributed by atoms with Crippen molar-refractivity contribution >= 4 is 11.9 Å². The van der Waals surface area contributed by atoms with Crippen LogP contribution in [0.15, 0.2) is 36.9 Å². The molecule has 4 heteroatoms. The molecular formula is C15H19NO3. The highest BCUT2D eigenvalue weighted by Gasteiger charge is 2.11. The first-order chi connectivity index (χ1) is 9.04. The van der Waals surface area contributed by atoms with E-state index in [1.807, 2.05) is 6.92 Å². The minimum atomic E-state index is -0.962. The van der Waals surface area contributed by atoms with Gasteiger partial charge in [0, 0.05) is 12.5 Å². The Hall–Kier alpha value is -2.10. The van der Waals surface area contributed by atoms with Crippen molar-refractivity contribution in [3.63, 3.8) is 0 Å². The molecule has 0 saturated carbocycles. The highest BCUT2D eigenvalue weighted by atomic mass is 16.4. The van der Waals surface area contributed by atoms with E-state index in [4.69, 9.17) is 5.11 Å². The van der Waals surface area contributed by atoms with E-state index in [1.54, 1.807) is 30.3 Å². The maximum Gasteiger partial charge on any atom is 0.335 e. The van der Waals surface area contributed by atoms with E-state index in [0.717, 1.165) is 6.42 Å². The van der Waals surface area contributed by atoms with Crippen molar-refractivity contribution in [2.75, 3.05) is 0 Å². The fourth-order valence-electron chi connectivity index (χ4n) is 1.85. The van der Waals surface area contributed by atoms with Crippen molar-refractivity contribution in [1.82, 2.24) is 5.32 Å². The number of carboxylic acids is 1. The Bertz CT molecular complexity index is 468. The fourth-order valence-corrected chi connectivity index (χ4v) is 1.85. The summed E-state index contributed by atoms with van der Waals surface area (Å²) in [5.41, 5.74) is 0.941. The van der Waals surface area contributed by atoms with Crippen LogP contribution in [-0.2, 0) is 11.2 Å². The van der Waals surface area contributed by atoms with Crippen LogP contribution in [0, 0.1) is 0 Å². The lowest BCUT2D eigenvalue weighted by Gasteiger charge is -2.12. The number of hydrogen-bond acceptors (Lipinski definition) is 2. The van der Waals surface area contributed by atoms with Gasteiger partial charge in [-0.3, -0.25) is 4.79 Å². The van der Waals surface area contributed by atoms with Crippen molar-refractivity contribution in [3.05, 3.63) is 48.0 Å². The Morgan fingerprint density at radius 2 is 2.11 bits per heavy atom. The Balaban J connectivity index is 2.55. The predicted octanol–water partition coefficient (Wildman–Crippen LogP) is 2.40. The normalized spacial score (nSPS) is 11.6. The van der Waals surface area contributed by atoms with Crippen LogP contribution in [0.2, 0.25) is 0 Å². The fraction of sp³-hybridized carbons (Fsp3) is 0.333. The highest BCUT2D eigenvalue weighted by Crippen LogP contribution is 2.11. The van der Waals surface area contributed by atoms with Crippen LogP contribution in [0.4, 0.5) is 0 Å². The second kappa shape index (κ2) is 7.36. The summed E-state index contributed by atoms with van der Waals surface area (Å²) in [4.78, 5) is 22.7. The number of nitrogens with one attached hydrogen (secondary N) is 1. The van der Waals surface area contributed by atoms with Crippen molar-refractivity contribution < 1.29 is 14.7 Å². The molecule has 0 fully saturated rings. The molecule has 0 bridgehead atoms. The van der Waals surface area contributed by atoms with Crippen LogP contribution in [-0.4, -0.2) is 23.0 Å². The number of rotatable bonds is 7. The maximum absolute atomic E-state index is 11.7. The van der Waals surface area contributed by atoms with Gasteiger partial charge in [0.05, 0.1) is 5.56 Å². The summed E-state index contributed by atoms with van der Waals surface area (Å²) in [5.74, 6) is -1.04. The summed E-state index contributed by atoms with van der Waals surface area (Å²) in [6, 6.07) is 6.80. The topological polar surface area (TPSA) is 66.4 Å². The van der Waals surface area contributed by atoms with Gasteiger partial charge in [-0.05, 0) is 31.4 Å². The lowest BCUT2D eigenvalue weighted by atomic mass is 10.0. The average molecular weight is 261 g/mol. The molecule has 0 aliphatic rings. The zero-order chi connectivity index (χ0) is 14.3. The van der Waals surface area contributed by atoms with Crippen LogP contribution in [0.5, 0.6) is 0 Å². The largest absolute Gasteiger partial charge is 0.478 e. The maximum atomic E-state index is 11.7. The number of aromatic carboxylic acids is 1. The van der Waals surface area contributed by atoms with Gasteiger partial charge in [-0.2, -0.15) is 0 Å². The second-order valence-electron chi connectivity index (χ2n) is 4.46. The Morgan fingerprint density at radius 3 is 2.74 bits per heavy atom. The molecule has 0 aliphatic carbocycles. The molecule has 0 heterocycles. The van der Waals surface area contributed by atoms with Gasteiger partial charge in [0.25, 0.3) is 0 Å². The van der Waals surface area contributed by atoms with Crippen LogP contribution in [0.1, 0.15) is 35.7 Å². The van der Waals surface area contributed by atoms with Gasteiger partial charge in [-0.1, -0.05) is 24.3 Å². The summed E-state index contributed by atoms with van der Waals surface area (Å²) in [5, 5.41) is 11.9. The molecule has 1 rings (SSSR count). The van der Waals surface area contributed by atoms with E-state index in [2.05, 4.69) is 11.9 Å². The average Bonchev–Trinajstić information content (AvgIpc) is 2.36. The van der Waals surface area contributed by atoms with Gasteiger partial charge >= 0.3 is 5.97 Å². The first kappa shape index (κ1) is 15.0. The van der Waals surface area contributed by atoms with Crippen LogP contribution in [0.3, 0.4) is 0 Å². The molecule has 102 valence electrons. The molecule has 0 radical (unpaired) electrons. The summed E-state index contributed by atoms with van der Waals surface area (Å²) in [6.45, 7) is 5.52. The van der Waals surface area contributed by atoms with Gasteiger partial charge in [-0.25, -0.2) is 4.79 Å². The lowest BCUT2D eigenvalue weighted by Crippen LogP contribution is -2.32. The smallest absolute Gasteiger partial charge is 0.335 e. The molecule has 0 spiro atoms. The predicted molar refractivity (Wildman–Crippen MR) is 74.1 cm³/mol. The van der Waals surface area contributed by atoms with Crippen molar-refractivity contribution in [2.45, 2.75) is 32.2 Å². The number of amides is 1. The number of carbonyl (C=O) groups is 2. The van der Waals surface area contributed by atoms with Crippen LogP contribution in [0.25, 0.3) is 0 Å². The third-order valence-electron chi connectivity index (χ3n) is 2.80. The van der Waals surface area contributed by atoms with Crippen molar-refractivity contribution in [2.24, 2.45) is 0 Å². The highest BCUT2D eigenvalue weighted by molar-refractivity contribution is 5.89. The molecule has 4 nitrogen and oxygen atoms in total. The Labute approximate surface area is 113 Å². The molecule has 1 unspecified atom stereocenters. The number of benzene rings is 1. The van der Waals surface area contributed by atoms with Gasteiger partial charge in [0.2, 0.25) is 5.91 Å². The van der Waals surface area contributed by atoms with E-state index in [1.165, 1.54) is 0 Å². The van der Waals surface area contributed by atoms with E-state index < -0.39 is 5.97 Å². The monoisotopic (exact) mass is 261 g/mol. The first-order valence-corrected chi connectivity index (χ1v) is 6.26. The minimum absolute atomic E-state index is 0.0553. The third-order valence-corrected chi connectivity index (χ3v) is 2.80. The second-order valence-corrected chi connectivity index (χ2v) is 4.46. The van der Waals surface area contributed by atoms with Crippen molar-refractivity contribution in [1.29, 1.82) is 0 Å². The molecule has 2 N–H and O–H groups in total. The first-order valence-electron chi connectivity index (χ1n) is 6.26. The number of hydrogen-bond donors (Lipinski definition) is 2. The van der Waals surface area contributed by atoms with E-state index in [-0.39, 0.29) is 23.9 Å². The summed E-state index contributed by atoms with van der Waals surface area (Å²) in [6.07, 6.45) is 3.18. The third kappa shape index (κ3) is 4.95. The summed E-state index contributed by atoms with van der Waals surface area (Å²) in [7, 11) is 0. The van der Waals surface area contributed by atoms with Crippen LogP contribution >= 0.6 is 0 Å². The summed E-state index contributed by atoms with van der Waals surface area (Å²) < 4.78 is 0. The van der Waals surface area contributed by atoms with Crippen molar-refractivity contribution in [3.8, 4) is 0 Å². The quantitative estimate of drug-likeness (QED) is 0.741. The SMILES string of the molecule is C=CCC(C)NC(=O)CCc1ccccc1C(=O)O. The molecule has 1 aromatic rings. The van der Waals surface area contributed by atoms with E-state index in [0.29, 0.717) is 12.0 Å². The molecule has 19 heavy (non-hydrogen) atoms. The minimum Gasteiger partial charge on any atom is -0.478 e. The zero-order valence-electron chi connectivity index (χ0n) is 11.1. The van der Waals surface area contributed by atoms with E-state index in [9.17, 15) is 9.59 Å². The molecule has 1 aromatic carbocycles. The van der Waals surface area contributed by atoms with E-state index >= 15 is 0 Å². The molecule has 0 saturated heterocycles. The Morgan fingerprint density at radius 1 is 1.42 bits per heavy atom. The zero-order valence-corrected chi connectivity index (χ0v) is 11.1. The van der Waals surface area contributed by atoms with Gasteiger partial charge in [0.15, 0.2) is 0 Å². The number of carboxylic acid groups (broad SMARTS) is 1.